The molecule has 2 aromatic rings. The van der Waals surface area contributed by atoms with Crippen LogP contribution in [-0.4, -0.2) is 26.1 Å². The van der Waals surface area contributed by atoms with Gasteiger partial charge in [-0.25, -0.2) is 9.97 Å². The molecule has 1 amide bonds. The first-order chi connectivity index (χ1) is 7.65. The van der Waals surface area contributed by atoms with Gasteiger partial charge in [0.2, 0.25) is 5.82 Å². The summed E-state index contributed by atoms with van der Waals surface area (Å²) in [7, 11) is 0. The largest absolute Gasteiger partial charge is 0.304 e. The van der Waals surface area contributed by atoms with Gasteiger partial charge in [0.05, 0.1) is 0 Å². The molecule has 0 saturated heterocycles. The van der Waals surface area contributed by atoms with Crippen molar-refractivity contribution in [1.82, 2.24) is 20.2 Å². The number of anilines is 1. The van der Waals surface area contributed by atoms with Crippen molar-refractivity contribution in [1.29, 1.82) is 0 Å². The Bertz CT molecular complexity index is 524. The van der Waals surface area contributed by atoms with Crippen LogP contribution in [0.25, 0.3) is 0 Å². The third kappa shape index (κ3) is 2.34. The minimum Gasteiger partial charge on any atom is -0.304 e. The highest BCUT2D eigenvalue weighted by Crippen LogP contribution is 2.12. The van der Waals surface area contributed by atoms with E-state index in [0.717, 1.165) is 0 Å². The lowest BCUT2D eigenvalue weighted by molar-refractivity contribution is 0.101. The first-order valence-electron chi connectivity index (χ1n) is 4.47. The summed E-state index contributed by atoms with van der Waals surface area (Å²) in [6.45, 7) is 1.71. The van der Waals surface area contributed by atoms with Gasteiger partial charge in [-0.2, -0.15) is 0 Å². The molecule has 0 aliphatic heterocycles. The first-order valence-corrected chi connectivity index (χ1v) is 4.85. The molecule has 2 rings (SSSR count). The first kappa shape index (κ1) is 10.6. The molecule has 0 aromatic carbocycles. The van der Waals surface area contributed by atoms with Gasteiger partial charge in [0.25, 0.3) is 5.91 Å². The SMILES string of the molecule is Cc1nc(C(=O)Nc2cc(Cl)ccn2)n[nH]1. The summed E-state index contributed by atoms with van der Waals surface area (Å²) in [6, 6.07) is 3.16. The van der Waals surface area contributed by atoms with Crippen molar-refractivity contribution in [3.63, 3.8) is 0 Å². The number of carbonyl (C=O) groups is 1. The summed E-state index contributed by atoms with van der Waals surface area (Å²) >= 11 is 5.75. The summed E-state index contributed by atoms with van der Waals surface area (Å²) in [5.41, 5.74) is 0. The van der Waals surface area contributed by atoms with Gasteiger partial charge in [0.1, 0.15) is 11.6 Å². The summed E-state index contributed by atoms with van der Waals surface area (Å²) in [6.07, 6.45) is 1.50. The van der Waals surface area contributed by atoms with Crippen LogP contribution in [0.5, 0.6) is 0 Å². The summed E-state index contributed by atoms with van der Waals surface area (Å²) < 4.78 is 0. The van der Waals surface area contributed by atoms with Crippen molar-refractivity contribution in [2.45, 2.75) is 6.92 Å². The summed E-state index contributed by atoms with van der Waals surface area (Å²) in [4.78, 5) is 19.4. The van der Waals surface area contributed by atoms with Gasteiger partial charge < -0.3 is 5.32 Å². The van der Waals surface area contributed by atoms with E-state index in [1.165, 1.54) is 6.20 Å². The topological polar surface area (TPSA) is 83.6 Å². The van der Waals surface area contributed by atoms with E-state index in [1.807, 2.05) is 0 Å². The van der Waals surface area contributed by atoms with Crippen LogP contribution in [0.2, 0.25) is 5.02 Å². The number of aryl methyl sites for hydroxylation is 1. The Labute approximate surface area is 96.1 Å². The van der Waals surface area contributed by atoms with Crippen molar-refractivity contribution in [3.05, 3.63) is 35.0 Å². The molecule has 0 atom stereocenters. The number of aromatic nitrogens is 4. The third-order valence-corrected chi connectivity index (χ3v) is 2.00. The lowest BCUT2D eigenvalue weighted by Crippen LogP contribution is -2.14. The average molecular weight is 238 g/mol. The zero-order valence-corrected chi connectivity index (χ0v) is 9.12. The van der Waals surface area contributed by atoms with E-state index in [0.29, 0.717) is 16.7 Å². The second-order valence-electron chi connectivity index (χ2n) is 3.06. The Balaban J connectivity index is 2.13. The van der Waals surface area contributed by atoms with Crippen LogP contribution < -0.4 is 5.32 Å². The molecule has 6 nitrogen and oxygen atoms in total. The number of pyridine rings is 1. The maximum Gasteiger partial charge on any atom is 0.296 e. The maximum absolute atomic E-state index is 11.6. The third-order valence-electron chi connectivity index (χ3n) is 1.76. The molecule has 0 unspecified atom stereocenters. The lowest BCUT2D eigenvalue weighted by Gasteiger charge is -2.00. The molecule has 2 aromatic heterocycles. The fourth-order valence-electron chi connectivity index (χ4n) is 1.09. The number of nitrogens with one attached hydrogen (secondary N) is 2. The Hall–Kier alpha value is -1.95. The summed E-state index contributed by atoms with van der Waals surface area (Å²) in [5, 5.41) is 9.33. The molecule has 0 fully saturated rings. The molecule has 2 heterocycles. The molecular formula is C9H8ClN5O. The van der Waals surface area contributed by atoms with Gasteiger partial charge in [-0.05, 0) is 19.1 Å². The highest BCUT2D eigenvalue weighted by atomic mass is 35.5. The Morgan fingerprint density at radius 3 is 3.00 bits per heavy atom. The van der Waals surface area contributed by atoms with Crippen LogP contribution in [-0.2, 0) is 0 Å². The minimum atomic E-state index is -0.431. The molecule has 16 heavy (non-hydrogen) atoms. The van der Waals surface area contributed by atoms with Gasteiger partial charge >= 0.3 is 0 Å². The number of aromatic amines is 1. The Morgan fingerprint density at radius 2 is 2.38 bits per heavy atom. The van der Waals surface area contributed by atoms with E-state index in [9.17, 15) is 4.79 Å². The number of halogens is 1. The van der Waals surface area contributed by atoms with Crippen molar-refractivity contribution < 1.29 is 4.79 Å². The molecule has 0 radical (unpaired) electrons. The Kier molecular flexibility index (Phi) is 2.82. The monoisotopic (exact) mass is 237 g/mol. The van der Waals surface area contributed by atoms with E-state index in [-0.39, 0.29) is 5.82 Å². The van der Waals surface area contributed by atoms with Crippen molar-refractivity contribution in [3.8, 4) is 0 Å². The highest BCUT2D eigenvalue weighted by Gasteiger charge is 2.11. The quantitative estimate of drug-likeness (QED) is 0.827. The smallest absolute Gasteiger partial charge is 0.296 e. The van der Waals surface area contributed by atoms with Crippen molar-refractivity contribution in [2.75, 3.05) is 5.32 Å². The lowest BCUT2D eigenvalue weighted by atomic mass is 10.4. The van der Waals surface area contributed by atoms with Crippen LogP contribution in [0, 0.1) is 6.92 Å². The molecule has 0 spiro atoms. The maximum atomic E-state index is 11.6. The minimum absolute atomic E-state index is 0.0688. The number of rotatable bonds is 2. The number of amides is 1. The van der Waals surface area contributed by atoms with E-state index < -0.39 is 5.91 Å². The van der Waals surface area contributed by atoms with E-state index in [4.69, 9.17) is 11.6 Å². The van der Waals surface area contributed by atoms with Crippen LogP contribution in [0.1, 0.15) is 16.4 Å². The van der Waals surface area contributed by atoms with Crippen LogP contribution in [0.3, 0.4) is 0 Å². The van der Waals surface area contributed by atoms with E-state index in [2.05, 4.69) is 25.5 Å². The summed E-state index contributed by atoms with van der Waals surface area (Å²) in [5.74, 6) is 0.572. The molecule has 82 valence electrons. The van der Waals surface area contributed by atoms with E-state index in [1.54, 1.807) is 19.1 Å². The van der Waals surface area contributed by atoms with Gasteiger partial charge in [-0.15, -0.1) is 5.10 Å². The predicted molar refractivity (Wildman–Crippen MR) is 58.3 cm³/mol. The van der Waals surface area contributed by atoms with Gasteiger partial charge in [-0.1, -0.05) is 11.6 Å². The van der Waals surface area contributed by atoms with Gasteiger partial charge in [0, 0.05) is 11.2 Å². The zero-order valence-electron chi connectivity index (χ0n) is 8.36. The normalized spacial score (nSPS) is 10.1. The number of H-pyrrole nitrogens is 1. The molecule has 0 bridgehead atoms. The molecule has 0 saturated carbocycles. The van der Waals surface area contributed by atoms with Gasteiger partial charge in [0.15, 0.2) is 0 Å². The molecule has 0 aliphatic rings. The zero-order chi connectivity index (χ0) is 11.5. The fraction of sp³-hybridized carbons (Fsp3) is 0.111. The van der Waals surface area contributed by atoms with Crippen LogP contribution in [0.4, 0.5) is 5.82 Å². The highest BCUT2D eigenvalue weighted by molar-refractivity contribution is 6.30. The van der Waals surface area contributed by atoms with E-state index >= 15 is 0 Å². The Morgan fingerprint density at radius 1 is 1.56 bits per heavy atom. The fourth-order valence-corrected chi connectivity index (χ4v) is 1.25. The second kappa shape index (κ2) is 4.28. The number of nitrogens with zero attached hydrogens (tertiary/aromatic N) is 3. The van der Waals surface area contributed by atoms with Crippen molar-refractivity contribution in [2.24, 2.45) is 0 Å². The number of carbonyl (C=O) groups excluding carboxylic acids is 1. The van der Waals surface area contributed by atoms with Crippen LogP contribution >= 0.6 is 11.6 Å². The van der Waals surface area contributed by atoms with Crippen LogP contribution in [0.15, 0.2) is 18.3 Å². The standard InChI is InChI=1S/C9H8ClN5O/c1-5-12-8(15-14-5)9(16)13-7-4-6(10)2-3-11-7/h2-4H,1H3,(H,11,13,16)(H,12,14,15). The van der Waals surface area contributed by atoms with Crippen molar-refractivity contribution >= 4 is 23.3 Å². The average Bonchev–Trinajstić information content (AvgIpc) is 2.65. The number of hydrogen-bond donors (Lipinski definition) is 2. The molecule has 2 N–H and O–H groups in total. The molecule has 7 heteroatoms. The molecular weight excluding hydrogens is 230 g/mol. The number of hydrogen-bond acceptors (Lipinski definition) is 4. The second-order valence-corrected chi connectivity index (χ2v) is 3.49. The predicted octanol–water partition coefficient (Wildman–Crippen LogP) is 1.41. The molecule has 0 aliphatic carbocycles. The van der Waals surface area contributed by atoms with Gasteiger partial charge in [-0.3, -0.25) is 9.89 Å².